The second kappa shape index (κ2) is 15.8. The second-order valence-electron chi connectivity index (χ2n) is 15.6. The van der Waals surface area contributed by atoms with Gasteiger partial charge in [-0.3, -0.25) is 15.1 Å². The monoisotopic (exact) mass is 810 g/mol. The Morgan fingerprint density at radius 3 is 1.76 bits per heavy atom. The van der Waals surface area contributed by atoms with Crippen LogP contribution in [0, 0.1) is 10.1 Å². The van der Waals surface area contributed by atoms with Crippen molar-refractivity contribution >= 4 is 55.3 Å². The largest absolute Gasteiger partial charge is 0.310 e. The molecule has 6 nitrogen and oxygen atoms in total. The van der Waals surface area contributed by atoms with Gasteiger partial charge in [0.2, 0.25) is 0 Å². The van der Waals surface area contributed by atoms with E-state index in [2.05, 4.69) is 191 Å². The van der Waals surface area contributed by atoms with E-state index >= 15 is 0 Å². The molecular formula is C57H38N4O2. The van der Waals surface area contributed by atoms with Crippen LogP contribution in [-0.2, 0) is 0 Å². The number of nitrogens with zero attached hydrogens (tertiary/aromatic N) is 4. The lowest BCUT2D eigenvalue weighted by atomic mass is 9.96. The van der Waals surface area contributed by atoms with Gasteiger partial charge in [-0.2, -0.15) is 0 Å². The summed E-state index contributed by atoms with van der Waals surface area (Å²) in [4.78, 5) is 18.5. The smallest absolute Gasteiger partial charge is 0.278 e. The minimum atomic E-state index is -0.365. The summed E-state index contributed by atoms with van der Waals surface area (Å²) in [5.41, 5.74) is 14.1. The first-order chi connectivity index (χ1) is 31.1. The first-order valence-electron chi connectivity index (χ1n) is 21.0. The van der Waals surface area contributed by atoms with Crippen LogP contribution in [0.5, 0.6) is 0 Å². The Kier molecular flexibility index (Phi) is 9.36. The average molecular weight is 811 g/mol. The van der Waals surface area contributed by atoms with Crippen molar-refractivity contribution in [3.05, 3.63) is 241 Å². The SMILES string of the molecule is O=[N+]([O-])c1ccccc1-c1ccc(-n2c3ccccc3c3cc(-c4ccc(N(c5cc(-c6ccccc6)cc(-c6ccccc6)c5)c5cccc6ccccc56)cc4)ccc32)cn1. The number of fused-ring (bicyclic) bond motifs is 4. The van der Waals surface area contributed by atoms with Gasteiger partial charge < -0.3 is 9.47 Å². The van der Waals surface area contributed by atoms with Gasteiger partial charge in [0.15, 0.2) is 0 Å². The van der Waals surface area contributed by atoms with Gasteiger partial charge in [0.1, 0.15) is 0 Å². The van der Waals surface area contributed by atoms with Crippen LogP contribution in [0.2, 0.25) is 0 Å². The Labute approximate surface area is 364 Å². The van der Waals surface area contributed by atoms with E-state index in [0.717, 1.165) is 77.9 Å². The van der Waals surface area contributed by atoms with Gasteiger partial charge in [0.25, 0.3) is 5.69 Å². The molecule has 0 aliphatic carbocycles. The van der Waals surface area contributed by atoms with Crippen LogP contribution < -0.4 is 4.90 Å². The van der Waals surface area contributed by atoms with Gasteiger partial charge in [-0.05, 0) is 112 Å². The molecule has 11 aromatic rings. The highest BCUT2D eigenvalue weighted by molar-refractivity contribution is 6.10. The van der Waals surface area contributed by atoms with Crippen LogP contribution in [0.1, 0.15) is 0 Å². The van der Waals surface area contributed by atoms with Crippen molar-refractivity contribution in [1.29, 1.82) is 0 Å². The van der Waals surface area contributed by atoms with Crippen molar-refractivity contribution in [2.45, 2.75) is 0 Å². The molecule has 0 N–H and O–H groups in total. The minimum absolute atomic E-state index is 0.0332. The van der Waals surface area contributed by atoms with Gasteiger partial charge in [0, 0.05) is 33.6 Å². The molecule has 2 heterocycles. The Bertz CT molecular complexity index is 3410. The molecule has 0 saturated heterocycles. The highest BCUT2D eigenvalue weighted by Crippen LogP contribution is 2.43. The van der Waals surface area contributed by atoms with E-state index < -0.39 is 0 Å². The third-order valence-corrected chi connectivity index (χ3v) is 11.9. The maximum atomic E-state index is 11.8. The van der Waals surface area contributed by atoms with E-state index in [1.807, 2.05) is 18.2 Å². The van der Waals surface area contributed by atoms with E-state index in [0.29, 0.717) is 11.3 Å². The van der Waals surface area contributed by atoms with Crippen molar-refractivity contribution in [3.8, 4) is 50.3 Å². The molecule has 11 rings (SSSR count). The average Bonchev–Trinajstić information content (AvgIpc) is 3.68. The summed E-state index contributed by atoms with van der Waals surface area (Å²) in [5, 5.41) is 16.4. The molecule has 0 bridgehead atoms. The fourth-order valence-corrected chi connectivity index (χ4v) is 8.93. The normalized spacial score (nSPS) is 11.3. The molecule has 0 atom stereocenters. The third-order valence-electron chi connectivity index (χ3n) is 11.9. The number of anilines is 3. The van der Waals surface area contributed by atoms with E-state index in [9.17, 15) is 10.1 Å². The quantitative estimate of drug-likeness (QED) is 0.108. The molecule has 0 radical (unpaired) electrons. The standard InChI is InChI=1S/C57H38N4O2/c62-61(63)57-24-12-10-22-51(57)53-32-31-47(38-58-53)60-55-23-11-9-21-50(55)52-37-43(28-33-56(52)60)41-26-29-46(30-27-41)59(54-25-13-19-42-18-7-8-20-49(42)54)48-35-44(39-14-3-1-4-15-39)34-45(36-48)40-16-5-2-6-17-40/h1-38H. The predicted octanol–water partition coefficient (Wildman–Crippen LogP) is 15.4. The predicted molar refractivity (Wildman–Crippen MR) is 259 cm³/mol. The molecule has 0 unspecified atom stereocenters. The molecule has 298 valence electrons. The Balaban J connectivity index is 1.01. The number of hydrogen-bond donors (Lipinski definition) is 0. The lowest BCUT2D eigenvalue weighted by Gasteiger charge is -2.28. The van der Waals surface area contributed by atoms with Crippen molar-refractivity contribution in [2.24, 2.45) is 0 Å². The number of pyridine rings is 1. The van der Waals surface area contributed by atoms with Crippen LogP contribution in [0.3, 0.4) is 0 Å². The zero-order valence-electron chi connectivity index (χ0n) is 34.0. The molecule has 0 saturated carbocycles. The summed E-state index contributed by atoms with van der Waals surface area (Å²) in [6, 6.07) is 77.7. The molecular weight excluding hydrogens is 773 g/mol. The highest BCUT2D eigenvalue weighted by atomic mass is 16.6. The molecule has 9 aromatic carbocycles. The van der Waals surface area contributed by atoms with Crippen LogP contribution in [0.25, 0.3) is 82.9 Å². The molecule has 2 aromatic heterocycles. The Hall–Kier alpha value is -8.61. The zero-order valence-corrected chi connectivity index (χ0v) is 34.0. The maximum absolute atomic E-state index is 11.8. The van der Waals surface area contributed by atoms with Gasteiger partial charge in [0.05, 0.1) is 44.8 Å². The summed E-state index contributed by atoms with van der Waals surface area (Å²) < 4.78 is 2.21. The number of hydrogen-bond acceptors (Lipinski definition) is 4. The zero-order chi connectivity index (χ0) is 42.3. The topological polar surface area (TPSA) is 64.2 Å². The van der Waals surface area contributed by atoms with Crippen LogP contribution in [-0.4, -0.2) is 14.5 Å². The van der Waals surface area contributed by atoms with Gasteiger partial charge in [-0.1, -0.05) is 146 Å². The highest BCUT2D eigenvalue weighted by Gasteiger charge is 2.20. The van der Waals surface area contributed by atoms with E-state index in [4.69, 9.17) is 4.98 Å². The van der Waals surface area contributed by atoms with Crippen molar-refractivity contribution in [2.75, 3.05) is 4.90 Å². The van der Waals surface area contributed by atoms with Gasteiger partial charge >= 0.3 is 0 Å². The van der Waals surface area contributed by atoms with Crippen LogP contribution >= 0.6 is 0 Å². The molecule has 0 aliphatic rings. The lowest BCUT2D eigenvalue weighted by molar-refractivity contribution is -0.384. The molecule has 0 fully saturated rings. The number of benzene rings is 9. The summed E-state index contributed by atoms with van der Waals surface area (Å²) in [5.74, 6) is 0. The first kappa shape index (κ1) is 37.4. The van der Waals surface area contributed by atoms with Gasteiger partial charge in [-0.25, -0.2) is 0 Å². The Morgan fingerprint density at radius 2 is 1.05 bits per heavy atom. The van der Waals surface area contributed by atoms with E-state index in [1.165, 1.54) is 16.8 Å². The summed E-state index contributed by atoms with van der Waals surface area (Å²) in [6.45, 7) is 0. The van der Waals surface area contributed by atoms with E-state index in [-0.39, 0.29) is 10.6 Å². The number of rotatable bonds is 9. The summed E-state index contributed by atoms with van der Waals surface area (Å²) >= 11 is 0. The molecule has 63 heavy (non-hydrogen) atoms. The van der Waals surface area contributed by atoms with Gasteiger partial charge in [-0.15, -0.1) is 0 Å². The van der Waals surface area contributed by atoms with Crippen molar-refractivity contribution in [3.63, 3.8) is 0 Å². The van der Waals surface area contributed by atoms with E-state index in [1.54, 1.807) is 24.4 Å². The molecule has 0 amide bonds. The molecule has 0 aliphatic heterocycles. The summed E-state index contributed by atoms with van der Waals surface area (Å²) in [7, 11) is 0. The number of nitro benzene ring substituents is 1. The molecule has 0 spiro atoms. The lowest BCUT2D eigenvalue weighted by Crippen LogP contribution is -2.11. The summed E-state index contributed by atoms with van der Waals surface area (Å²) in [6.07, 6.45) is 1.80. The van der Waals surface area contributed by atoms with Crippen LogP contribution in [0.15, 0.2) is 231 Å². The minimum Gasteiger partial charge on any atom is -0.310 e. The third kappa shape index (κ3) is 6.86. The number of aromatic nitrogens is 2. The number of para-hydroxylation sites is 2. The second-order valence-corrected chi connectivity index (χ2v) is 15.6. The van der Waals surface area contributed by atoms with Crippen molar-refractivity contribution in [1.82, 2.24) is 9.55 Å². The van der Waals surface area contributed by atoms with Crippen molar-refractivity contribution < 1.29 is 4.92 Å². The maximum Gasteiger partial charge on any atom is 0.278 e. The fraction of sp³-hybridized carbons (Fsp3) is 0. The fourth-order valence-electron chi connectivity index (χ4n) is 8.93. The number of nitro groups is 1. The molecule has 6 heteroatoms. The van der Waals surface area contributed by atoms with Crippen LogP contribution in [0.4, 0.5) is 22.7 Å². The first-order valence-corrected chi connectivity index (χ1v) is 21.0. The Morgan fingerprint density at radius 1 is 0.444 bits per heavy atom.